The number of ketones is 1. The molecule has 2 rings (SSSR count). The minimum atomic E-state index is 0.0275. The molecule has 0 radical (unpaired) electrons. The summed E-state index contributed by atoms with van der Waals surface area (Å²) in [6.07, 6.45) is 11.2. The molecule has 2 bridgehead atoms. The molecule has 2 fully saturated rings. The Morgan fingerprint density at radius 1 is 1.47 bits per heavy atom. The molecule has 3 atom stereocenters. The molecule has 2 saturated carbocycles. The summed E-state index contributed by atoms with van der Waals surface area (Å²) in [4.78, 5) is 12.5. The molecule has 0 saturated heterocycles. The van der Waals surface area contributed by atoms with Crippen LogP contribution in [0, 0.1) is 23.2 Å². The molecule has 2 aliphatic carbocycles. The van der Waals surface area contributed by atoms with Crippen molar-refractivity contribution in [3.63, 3.8) is 0 Å². The Labute approximate surface area is 106 Å². The summed E-state index contributed by atoms with van der Waals surface area (Å²) in [7, 11) is 0. The second-order valence-electron chi connectivity index (χ2n) is 6.54. The highest BCUT2D eigenvalue weighted by Gasteiger charge is 2.52. The van der Waals surface area contributed by atoms with Crippen molar-refractivity contribution in [2.45, 2.75) is 59.3 Å². The van der Waals surface area contributed by atoms with Gasteiger partial charge >= 0.3 is 0 Å². The maximum Gasteiger partial charge on any atom is 0.161 e. The van der Waals surface area contributed by atoms with Gasteiger partial charge in [-0.2, -0.15) is 0 Å². The standard InChI is InChI=1S/C16H26O/c1-4-6-15(17)16-8-5-7-13(11-16)10-14(16)9-12(2)3/h4,6,12-14H,5,7-11H2,1-3H3/b6-4+/t13-,14?,16+/m0/s1. The van der Waals surface area contributed by atoms with E-state index in [0.717, 1.165) is 18.3 Å². The van der Waals surface area contributed by atoms with Crippen molar-refractivity contribution >= 4 is 5.78 Å². The van der Waals surface area contributed by atoms with Crippen molar-refractivity contribution in [1.82, 2.24) is 0 Å². The van der Waals surface area contributed by atoms with Crippen molar-refractivity contribution in [3.05, 3.63) is 12.2 Å². The average molecular weight is 234 g/mol. The monoisotopic (exact) mass is 234 g/mol. The van der Waals surface area contributed by atoms with E-state index in [1.54, 1.807) is 0 Å². The van der Waals surface area contributed by atoms with Crippen LogP contribution < -0.4 is 0 Å². The van der Waals surface area contributed by atoms with Gasteiger partial charge < -0.3 is 0 Å². The van der Waals surface area contributed by atoms with E-state index in [0.29, 0.717) is 11.7 Å². The fourth-order valence-corrected chi connectivity index (χ4v) is 4.26. The fraction of sp³-hybridized carbons (Fsp3) is 0.812. The van der Waals surface area contributed by atoms with Crippen LogP contribution in [-0.2, 0) is 4.79 Å². The van der Waals surface area contributed by atoms with Gasteiger partial charge in [-0.25, -0.2) is 0 Å². The number of allylic oxidation sites excluding steroid dienone is 2. The summed E-state index contributed by atoms with van der Waals surface area (Å²) in [5.74, 6) is 2.63. The molecular weight excluding hydrogens is 208 g/mol. The average Bonchev–Trinajstić information content (AvgIpc) is 2.51. The normalized spacial score (nSPS) is 36.9. The third kappa shape index (κ3) is 2.34. The zero-order valence-corrected chi connectivity index (χ0v) is 11.5. The minimum absolute atomic E-state index is 0.0275. The molecule has 96 valence electrons. The molecule has 17 heavy (non-hydrogen) atoms. The molecule has 0 aromatic rings. The highest BCUT2D eigenvalue weighted by molar-refractivity contribution is 5.95. The Hall–Kier alpha value is -0.590. The van der Waals surface area contributed by atoms with Crippen LogP contribution in [0.2, 0.25) is 0 Å². The van der Waals surface area contributed by atoms with E-state index in [2.05, 4.69) is 13.8 Å². The van der Waals surface area contributed by atoms with Crippen molar-refractivity contribution in [3.8, 4) is 0 Å². The van der Waals surface area contributed by atoms with Crippen LogP contribution in [0.25, 0.3) is 0 Å². The first-order valence-corrected chi connectivity index (χ1v) is 7.25. The van der Waals surface area contributed by atoms with E-state index < -0.39 is 0 Å². The van der Waals surface area contributed by atoms with E-state index in [9.17, 15) is 4.79 Å². The summed E-state index contributed by atoms with van der Waals surface area (Å²) in [5, 5.41) is 0. The van der Waals surface area contributed by atoms with E-state index in [-0.39, 0.29) is 5.41 Å². The Morgan fingerprint density at radius 2 is 2.24 bits per heavy atom. The van der Waals surface area contributed by atoms with Crippen LogP contribution >= 0.6 is 0 Å². The summed E-state index contributed by atoms with van der Waals surface area (Å²) in [6, 6.07) is 0. The Kier molecular flexibility index (Phi) is 3.75. The van der Waals surface area contributed by atoms with Crippen LogP contribution in [0.4, 0.5) is 0 Å². The molecule has 1 unspecified atom stereocenters. The maximum atomic E-state index is 12.5. The first-order valence-electron chi connectivity index (χ1n) is 7.25. The van der Waals surface area contributed by atoms with Crippen LogP contribution in [0.5, 0.6) is 0 Å². The van der Waals surface area contributed by atoms with Gasteiger partial charge in [-0.15, -0.1) is 0 Å². The molecule has 0 aromatic heterocycles. The molecule has 0 N–H and O–H groups in total. The molecular formula is C16H26O. The quantitative estimate of drug-likeness (QED) is 0.660. The minimum Gasteiger partial charge on any atom is -0.294 e. The van der Waals surface area contributed by atoms with E-state index in [1.165, 1.54) is 32.1 Å². The van der Waals surface area contributed by atoms with Gasteiger partial charge in [0.25, 0.3) is 0 Å². The zero-order valence-electron chi connectivity index (χ0n) is 11.5. The molecule has 0 aliphatic heterocycles. The lowest BCUT2D eigenvalue weighted by molar-refractivity contribution is -0.127. The van der Waals surface area contributed by atoms with Crippen molar-refractivity contribution in [2.75, 3.05) is 0 Å². The maximum absolute atomic E-state index is 12.5. The largest absolute Gasteiger partial charge is 0.294 e. The van der Waals surface area contributed by atoms with Gasteiger partial charge in [0.05, 0.1) is 0 Å². The lowest BCUT2D eigenvalue weighted by atomic mass is 9.66. The molecule has 0 spiro atoms. The fourth-order valence-electron chi connectivity index (χ4n) is 4.26. The number of carbonyl (C=O) groups excluding carboxylic acids is 1. The van der Waals surface area contributed by atoms with Crippen LogP contribution in [0.1, 0.15) is 59.3 Å². The van der Waals surface area contributed by atoms with Gasteiger partial charge in [0, 0.05) is 5.41 Å². The summed E-state index contributed by atoms with van der Waals surface area (Å²) in [6.45, 7) is 6.54. The third-order valence-corrected chi connectivity index (χ3v) is 4.85. The summed E-state index contributed by atoms with van der Waals surface area (Å²) in [5.41, 5.74) is 0.0275. The van der Waals surface area contributed by atoms with Crippen LogP contribution in [0.3, 0.4) is 0 Å². The number of carbonyl (C=O) groups is 1. The Morgan fingerprint density at radius 3 is 2.88 bits per heavy atom. The molecule has 0 heterocycles. The highest BCUT2D eigenvalue weighted by atomic mass is 16.1. The smallest absolute Gasteiger partial charge is 0.161 e. The highest BCUT2D eigenvalue weighted by Crippen LogP contribution is 2.57. The van der Waals surface area contributed by atoms with Crippen molar-refractivity contribution in [1.29, 1.82) is 0 Å². The predicted octanol–water partition coefficient (Wildman–Crippen LogP) is 4.37. The number of fused-ring (bicyclic) bond motifs is 2. The van der Waals surface area contributed by atoms with Gasteiger partial charge in [-0.05, 0) is 56.4 Å². The summed E-state index contributed by atoms with van der Waals surface area (Å²) >= 11 is 0. The number of hydrogen-bond donors (Lipinski definition) is 0. The Balaban J connectivity index is 2.22. The number of rotatable bonds is 4. The second kappa shape index (κ2) is 4.96. The second-order valence-corrected chi connectivity index (χ2v) is 6.54. The van der Waals surface area contributed by atoms with Gasteiger partial charge in [0.2, 0.25) is 0 Å². The molecule has 1 nitrogen and oxygen atoms in total. The van der Waals surface area contributed by atoms with Gasteiger partial charge in [-0.3, -0.25) is 4.79 Å². The molecule has 1 heteroatoms. The first kappa shape index (κ1) is 12.9. The lowest BCUT2D eigenvalue weighted by Crippen LogP contribution is -2.35. The van der Waals surface area contributed by atoms with Crippen LogP contribution in [-0.4, -0.2) is 5.78 Å². The van der Waals surface area contributed by atoms with Crippen molar-refractivity contribution in [2.24, 2.45) is 23.2 Å². The van der Waals surface area contributed by atoms with E-state index >= 15 is 0 Å². The topological polar surface area (TPSA) is 17.1 Å². The first-order chi connectivity index (χ1) is 8.08. The summed E-state index contributed by atoms with van der Waals surface area (Å²) < 4.78 is 0. The van der Waals surface area contributed by atoms with Gasteiger partial charge in [0.1, 0.15) is 0 Å². The zero-order chi connectivity index (χ0) is 12.5. The lowest BCUT2D eigenvalue weighted by Gasteiger charge is -2.36. The number of hydrogen-bond acceptors (Lipinski definition) is 1. The third-order valence-electron chi connectivity index (χ3n) is 4.85. The predicted molar refractivity (Wildman–Crippen MR) is 71.8 cm³/mol. The molecule has 0 aromatic carbocycles. The van der Waals surface area contributed by atoms with Gasteiger partial charge in [-0.1, -0.05) is 32.8 Å². The van der Waals surface area contributed by atoms with Gasteiger partial charge in [0.15, 0.2) is 5.78 Å². The van der Waals surface area contributed by atoms with Crippen LogP contribution in [0.15, 0.2) is 12.2 Å². The van der Waals surface area contributed by atoms with E-state index in [1.807, 2.05) is 19.1 Å². The molecule has 2 aliphatic rings. The molecule has 0 amide bonds. The van der Waals surface area contributed by atoms with Crippen molar-refractivity contribution < 1.29 is 4.79 Å². The Bertz CT molecular complexity index is 313. The van der Waals surface area contributed by atoms with E-state index in [4.69, 9.17) is 0 Å². The SMILES string of the molecule is C/C=C/C(=O)[C@@]12CCC[C@@H](CC1CC(C)C)C2.